The van der Waals surface area contributed by atoms with Crippen molar-refractivity contribution in [3.8, 4) is 6.01 Å². The van der Waals surface area contributed by atoms with Crippen LogP contribution in [0.1, 0.15) is 19.8 Å². The largest absolute Gasteiger partial charge is 0.458 e. The lowest BCUT2D eigenvalue weighted by atomic mass is 10.2. The number of hydrogen-bond donors (Lipinski definition) is 1. The molecule has 1 rings (SSSR count). The topological polar surface area (TPSA) is 52.0 Å². The van der Waals surface area contributed by atoms with Crippen molar-refractivity contribution in [2.24, 2.45) is 7.05 Å². The summed E-state index contributed by atoms with van der Waals surface area (Å²) in [6, 6.07) is 0.459. The summed E-state index contributed by atoms with van der Waals surface area (Å²) in [5.74, 6) is 0. The van der Waals surface area contributed by atoms with Crippen LogP contribution in [-0.4, -0.2) is 34.5 Å². The summed E-state index contributed by atoms with van der Waals surface area (Å²) in [7, 11) is 3.74. The van der Waals surface area contributed by atoms with Gasteiger partial charge in [0.15, 0.2) is 0 Å². The van der Waals surface area contributed by atoms with Crippen molar-refractivity contribution in [2.75, 3.05) is 13.6 Å². The van der Waals surface area contributed by atoms with Crippen LogP contribution < -0.4 is 10.1 Å². The number of aromatic nitrogens is 3. The zero-order chi connectivity index (χ0) is 10.4. The van der Waals surface area contributed by atoms with Crippen LogP contribution in [0.25, 0.3) is 0 Å². The van der Waals surface area contributed by atoms with Crippen LogP contribution >= 0.6 is 0 Å². The van der Waals surface area contributed by atoms with Crippen LogP contribution in [0.2, 0.25) is 0 Å². The fraction of sp³-hybridized carbons (Fsp3) is 0.778. The molecule has 0 saturated carbocycles. The number of aryl methyl sites for hydroxylation is 1. The van der Waals surface area contributed by atoms with Crippen molar-refractivity contribution in [1.82, 2.24) is 20.1 Å². The minimum Gasteiger partial charge on any atom is -0.458 e. The maximum Gasteiger partial charge on any atom is 0.335 e. The molecule has 1 unspecified atom stereocenters. The number of nitrogens with one attached hydrogen (secondary N) is 1. The molecule has 0 spiro atoms. The van der Waals surface area contributed by atoms with Gasteiger partial charge in [0.25, 0.3) is 0 Å². The van der Waals surface area contributed by atoms with Gasteiger partial charge in [0.1, 0.15) is 12.4 Å². The molecule has 0 fully saturated rings. The third-order valence-electron chi connectivity index (χ3n) is 1.89. The van der Waals surface area contributed by atoms with Gasteiger partial charge in [-0.25, -0.2) is 0 Å². The van der Waals surface area contributed by atoms with E-state index in [1.54, 1.807) is 11.0 Å². The van der Waals surface area contributed by atoms with Gasteiger partial charge in [-0.15, -0.1) is 5.10 Å². The highest BCUT2D eigenvalue weighted by molar-refractivity contribution is 4.88. The second-order valence-electron chi connectivity index (χ2n) is 3.29. The van der Waals surface area contributed by atoms with E-state index in [9.17, 15) is 0 Å². The number of hydrogen-bond acceptors (Lipinski definition) is 4. The van der Waals surface area contributed by atoms with E-state index < -0.39 is 0 Å². The van der Waals surface area contributed by atoms with E-state index in [0.29, 0.717) is 6.01 Å². The van der Waals surface area contributed by atoms with Crippen LogP contribution in [0, 0.1) is 0 Å². The molecule has 0 aliphatic carbocycles. The van der Waals surface area contributed by atoms with E-state index in [-0.39, 0.29) is 6.10 Å². The SMILES string of the molecule is CCCC(CNC)Oc1ncn(C)n1. The van der Waals surface area contributed by atoms with E-state index in [1.807, 2.05) is 14.1 Å². The Morgan fingerprint density at radius 2 is 2.43 bits per heavy atom. The molecule has 0 aliphatic heterocycles. The second kappa shape index (κ2) is 5.59. The van der Waals surface area contributed by atoms with Crippen LogP contribution in [0.3, 0.4) is 0 Å². The monoisotopic (exact) mass is 198 g/mol. The highest BCUT2D eigenvalue weighted by Gasteiger charge is 2.10. The normalized spacial score (nSPS) is 12.8. The zero-order valence-corrected chi connectivity index (χ0v) is 9.03. The Hall–Kier alpha value is -1.10. The Morgan fingerprint density at radius 1 is 1.64 bits per heavy atom. The van der Waals surface area contributed by atoms with E-state index in [0.717, 1.165) is 19.4 Å². The first-order valence-corrected chi connectivity index (χ1v) is 4.93. The number of ether oxygens (including phenoxy) is 1. The molecule has 1 heterocycles. The molecule has 5 heteroatoms. The van der Waals surface area contributed by atoms with Crippen molar-refractivity contribution in [3.63, 3.8) is 0 Å². The lowest BCUT2D eigenvalue weighted by Crippen LogP contribution is -2.29. The van der Waals surface area contributed by atoms with E-state index in [2.05, 4.69) is 22.3 Å². The fourth-order valence-electron chi connectivity index (χ4n) is 1.27. The predicted octanol–water partition coefficient (Wildman–Crippen LogP) is 0.582. The summed E-state index contributed by atoms with van der Waals surface area (Å²) < 4.78 is 7.25. The lowest BCUT2D eigenvalue weighted by Gasteiger charge is -2.14. The van der Waals surface area contributed by atoms with Crippen LogP contribution in [0.5, 0.6) is 6.01 Å². The average molecular weight is 198 g/mol. The van der Waals surface area contributed by atoms with E-state index in [4.69, 9.17) is 4.74 Å². The van der Waals surface area contributed by atoms with Crippen molar-refractivity contribution >= 4 is 0 Å². The van der Waals surface area contributed by atoms with Gasteiger partial charge < -0.3 is 10.1 Å². The summed E-state index contributed by atoms with van der Waals surface area (Å²) in [4.78, 5) is 4.02. The van der Waals surface area contributed by atoms with Crippen molar-refractivity contribution in [3.05, 3.63) is 6.33 Å². The van der Waals surface area contributed by atoms with Gasteiger partial charge >= 0.3 is 6.01 Å². The molecule has 1 atom stereocenters. The standard InChI is InChI=1S/C9H18N4O/c1-4-5-8(6-10-2)14-9-11-7-13(3)12-9/h7-8,10H,4-6H2,1-3H3. The molecule has 0 amide bonds. The minimum atomic E-state index is 0.160. The molecule has 0 aliphatic rings. The molecule has 0 saturated heterocycles. The lowest BCUT2D eigenvalue weighted by molar-refractivity contribution is 0.173. The van der Waals surface area contributed by atoms with Gasteiger partial charge in [-0.05, 0) is 13.5 Å². The fourth-order valence-corrected chi connectivity index (χ4v) is 1.27. The molecule has 14 heavy (non-hydrogen) atoms. The van der Waals surface area contributed by atoms with E-state index >= 15 is 0 Å². The number of rotatable bonds is 6. The zero-order valence-electron chi connectivity index (χ0n) is 9.03. The van der Waals surface area contributed by atoms with Gasteiger partial charge in [0.2, 0.25) is 0 Å². The van der Waals surface area contributed by atoms with Crippen molar-refractivity contribution in [2.45, 2.75) is 25.9 Å². The molecule has 1 aromatic heterocycles. The Morgan fingerprint density at radius 3 is 2.93 bits per heavy atom. The molecule has 0 radical (unpaired) electrons. The highest BCUT2D eigenvalue weighted by atomic mass is 16.5. The molecular formula is C9H18N4O. The van der Waals surface area contributed by atoms with Crippen molar-refractivity contribution in [1.29, 1.82) is 0 Å². The first-order chi connectivity index (χ1) is 6.76. The molecular weight excluding hydrogens is 180 g/mol. The molecule has 1 N–H and O–H groups in total. The maximum atomic E-state index is 5.61. The third kappa shape index (κ3) is 3.33. The Kier molecular flexibility index (Phi) is 4.39. The second-order valence-corrected chi connectivity index (χ2v) is 3.29. The predicted molar refractivity (Wildman–Crippen MR) is 54.3 cm³/mol. The number of likely N-dealkylation sites (N-methyl/N-ethyl adjacent to an activating group) is 1. The summed E-state index contributed by atoms with van der Waals surface area (Å²) in [6.07, 6.45) is 3.91. The maximum absolute atomic E-state index is 5.61. The van der Waals surface area contributed by atoms with Crippen LogP contribution in [0.4, 0.5) is 0 Å². The highest BCUT2D eigenvalue weighted by Crippen LogP contribution is 2.06. The molecule has 0 bridgehead atoms. The third-order valence-corrected chi connectivity index (χ3v) is 1.89. The summed E-state index contributed by atoms with van der Waals surface area (Å²) in [6.45, 7) is 2.96. The molecule has 5 nitrogen and oxygen atoms in total. The van der Waals surface area contributed by atoms with Gasteiger partial charge in [-0.2, -0.15) is 4.98 Å². The Bertz CT molecular complexity index is 255. The summed E-state index contributed by atoms with van der Waals surface area (Å²) in [5.41, 5.74) is 0. The Labute approximate surface area is 84.5 Å². The first-order valence-electron chi connectivity index (χ1n) is 4.93. The summed E-state index contributed by atoms with van der Waals surface area (Å²) >= 11 is 0. The number of nitrogens with zero attached hydrogens (tertiary/aromatic N) is 3. The quantitative estimate of drug-likeness (QED) is 0.726. The van der Waals surface area contributed by atoms with E-state index in [1.165, 1.54) is 0 Å². The minimum absolute atomic E-state index is 0.160. The Balaban J connectivity index is 2.46. The van der Waals surface area contributed by atoms with Crippen LogP contribution in [-0.2, 0) is 7.05 Å². The van der Waals surface area contributed by atoms with Gasteiger partial charge in [0, 0.05) is 13.6 Å². The average Bonchev–Trinajstić information content (AvgIpc) is 2.52. The first kappa shape index (κ1) is 11.0. The van der Waals surface area contributed by atoms with Gasteiger partial charge in [-0.1, -0.05) is 13.3 Å². The molecule has 0 aromatic carbocycles. The molecule has 1 aromatic rings. The van der Waals surface area contributed by atoms with Crippen molar-refractivity contribution < 1.29 is 4.74 Å². The smallest absolute Gasteiger partial charge is 0.335 e. The molecule has 80 valence electrons. The van der Waals surface area contributed by atoms with Gasteiger partial charge in [0.05, 0.1) is 0 Å². The van der Waals surface area contributed by atoms with Crippen LogP contribution in [0.15, 0.2) is 6.33 Å². The van der Waals surface area contributed by atoms with Gasteiger partial charge in [-0.3, -0.25) is 4.68 Å². The summed E-state index contributed by atoms with van der Waals surface area (Å²) in [5, 5.41) is 7.16.